The molecule has 0 aromatic carbocycles. The number of carboxylic acid groups (broad SMARTS) is 1. The van der Waals surface area contributed by atoms with Gasteiger partial charge in [0, 0.05) is 6.08 Å². The lowest BCUT2D eigenvalue weighted by Crippen LogP contribution is -2.21. The topological polar surface area (TPSA) is 123 Å². The number of nitrogens with two attached hydrogens (primary N) is 2. The summed E-state index contributed by atoms with van der Waals surface area (Å²) in [6, 6.07) is 0. The second-order valence-corrected chi connectivity index (χ2v) is 1.65. The van der Waals surface area contributed by atoms with E-state index in [0.717, 1.165) is 6.08 Å². The van der Waals surface area contributed by atoms with E-state index in [1.54, 1.807) is 0 Å². The van der Waals surface area contributed by atoms with Crippen molar-refractivity contribution in [2.24, 2.45) is 11.5 Å². The molecule has 6 nitrogen and oxygen atoms in total. The van der Waals surface area contributed by atoms with Gasteiger partial charge in [-0.1, -0.05) is 6.58 Å². The van der Waals surface area contributed by atoms with E-state index in [-0.39, 0.29) is 6.42 Å². The summed E-state index contributed by atoms with van der Waals surface area (Å²) >= 11 is 0. The zero-order chi connectivity index (χ0) is 10.1. The molecule has 0 atom stereocenters. The molecule has 0 aliphatic carbocycles. The van der Waals surface area contributed by atoms with Gasteiger partial charge in [-0.05, 0) is 0 Å². The molecule has 0 unspecified atom stereocenters. The largest absolute Gasteiger partial charge is 0.478 e. The van der Waals surface area contributed by atoms with Crippen LogP contribution in [0.25, 0.3) is 0 Å². The third-order valence-electron chi connectivity index (χ3n) is 0.523. The van der Waals surface area contributed by atoms with Crippen LogP contribution in [-0.2, 0) is 14.4 Å². The van der Waals surface area contributed by atoms with Crippen molar-refractivity contribution < 1.29 is 19.5 Å². The fraction of sp³-hybridized carbons (Fsp3) is 0.167. The van der Waals surface area contributed by atoms with Crippen LogP contribution in [0, 0.1) is 0 Å². The van der Waals surface area contributed by atoms with Gasteiger partial charge in [0.05, 0.1) is 0 Å². The smallest absolute Gasteiger partial charge is 0.327 e. The van der Waals surface area contributed by atoms with Crippen LogP contribution in [0.5, 0.6) is 0 Å². The second kappa shape index (κ2) is 7.26. The van der Waals surface area contributed by atoms with E-state index >= 15 is 0 Å². The molecule has 0 radical (unpaired) electrons. The average molecular weight is 174 g/mol. The molecule has 68 valence electrons. The van der Waals surface area contributed by atoms with Crippen LogP contribution in [0.4, 0.5) is 0 Å². The molecule has 0 saturated carbocycles. The molecule has 0 saturated heterocycles. The zero-order valence-electron chi connectivity index (χ0n) is 6.32. The van der Waals surface area contributed by atoms with Gasteiger partial charge in [0.1, 0.15) is 6.42 Å². The first-order valence-electron chi connectivity index (χ1n) is 2.82. The van der Waals surface area contributed by atoms with E-state index in [2.05, 4.69) is 18.0 Å². The van der Waals surface area contributed by atoms with Crippen molar-refractivity contribution in [3.8, 4) is 0 Å². The summed E-state index contributed by atoms with van der Waals surface area (Å²) < 4.78 is 0. The van der Waals surface area contributed by atoms with Crippen LogP contribution < -0.4 is 11.5 Å². The Labute approximate surface area is 68.8 Å². The highest BCUT2D eigenvalue weighted by Crippen LogP contribution is 1.68. The van der Waals surface area contributed by atoms with Crippen molar-refractivity contribution in [3.63, 3.8) is 0 Å². The van der Waals surface area contributed by atoms with E-state index in [1.165, 1.54) is 0 Å². The summed E-state index contributed by atoms with van der Waals surface area (Å²) in [6.45, 7) is 2.96. The normalized spacial score (nSPS) is 7.33. The van der Waals surface area contributed by atoms with Gasteiger partial charge in [-0.15, -0.1) is 0 Å². The lowest BCUT2D eigenvalue weighted by atomic mass is 10.4. The van der Waals surface area contributed by atoms with Crippen molar-refractivity contribution in [2.45, 2.75) is 6.42 Å². The molecule has 5 N–H and O–H groups in total. The Bertz CT molecular complexity index is 188. The lowest BCUT2D eigenvalue weighted by molar-refractivity contribution is -0.131. The molecule has 0 aliphatic rings. The SMILES string of the molecule is C=CC(=O)O.NC(=O)CC(N)=O. The molecule has 0 rings (SSSR count). The molecule has 0 fully saturated rings. The minimum atomic E-state index is -0.981. The molecule has 0 aromatic rings. The second-order valence-electron chi connectivity index (χ2n) is 1.65. The molecule has 12 heavy (non-hydrogen) atoms. The van der Waals surface area contributed by atoms with Crippen LogP contribution in [0.3, 0.4) is 0 Å². The van der Waals surface area contributed by atoms with Gasteiger partial charge < -0.3 is 16.6 Å². The summed E-state index contributed by atoms with van der Waals surface area (Å²) in [6.07, 6.45) is 0.472. The highest BCUT2D eigenvalue weighted by Gasteiger charge is 1.96. The monoisotopic (exact) mass is 174 g/mol. The number of rotatable bonds is 3. The van der Waals surface area contributed by atoms with E-state index in [9.17, 15) is 14.4 Å². The van der Waals surface area contributed by atoms with Crippen LogP contribution in [-0.4, -0.2) is 22.9 Å². The van der Waals surface area contributed by atoms with Gasteiger partial charge in [-0.3, -0.25) is 9.59 Å². The Morgan fingerprint density at radius 2 is 1.50 bits per heavy atom. The van der Waals surface area contributed by atoms with Gasteiger partial charge in [0.25, 0.3) is 0 Å². The number of hydrogen-bond donors (Lipinski definition) is 3. The molecule has 0 bridgehead atoms. The standard InChI is InChI=1S/C3H6N2O2.C3H4O2/c4-2(6)1-3(5)7;1-2-3(4)5/h1H2,(H2,4,6)(H2,5,7);2H,1H2,(H,4,5). The van der Waals surface area contributed by atoms with E-state index in [1.807, 2.05) is 0 Å². The number of carbonyl (C=O) groups is 3. The quantitative estimate of drug-likeness (QED) is 0.359. The Morgan fingerprint density at radius 1 is 1.25 bits per heavy atom. The Hall–Kier alpha value is -1.85. The number of aliphatic carboxylic acids is 1. The van der Waals surface area contributed by atoms with Crippen LogP contribution >= 0.6 is 0 Å². The highest BCUT2D eigenvalue weighted by atomic mass is 16.4. The van der Waals surface area contributed by atoms with Crippen LogP contribution in [0.2, 0.25) is 0 Å². The van der Waals surface area contributed by atoms with Crippen molar-refractivity contribution in [2.75, 3.05) is 0 Å². The fourth-order valence-corrected chi connectivity index (χ4v) is 0.172. The number of carboxylic acids is 1. The van der Waals surface area contributed by atoms with E-state index in [0.29, 0.717) is 0 Å². The predicted octanol–water partition coefficient (Wildman–Crippen LogP) is -1.40. The minimum Gasteiger partial charge on any atom is -0.478 e. The molecule has 6 heteroatoms. The van der Waals surface area contributed by atoms with Gasteiger partial charge in [0.2, 0.25) is 11.8 Å². The van der Waals surface area contributed by atoms with Gasteiger partial charge in [-0.2, -0.15) is 0 Å². The summed E-state index contributed by atoms with van der Waals surface area (Å²) in [5, 5.41) is 7.60. The molecular formula is C6H10N2O4. The van der Waals surface area contributed by atoms with Gasteiger partial charge in [0.15, 0.2) is 0 Å². The van der Waals surface area contributed by atoms with Crippen molar-refractivity contribution in [3.05, 3.63) is 12.7 Å². The molecule has 0 heterocycles. The van der Waals surface area contributed by atoms with E-state index in [4.69, 9.17) is 5.11 Å². The minimum absolute atomic E-state index is 0.361. The maximum atomic E-state index is 9.73. The third kappa shape index (κ3) is 24.2. The molecule has 0 aliphatic heterocycles. The average Bonchev–Trinajstić information content (AvgIpc) is 1.85. The lowest BCUT2D eigenvalue weighted by Gasteiger charge is -1.82. The molecule has 0 aromatic heterocycles. The Morgan fingerprint density at radius 3 is 1.50 bits per heavy atom. The summed E-state index contributed by atoms with van der Waals surface area (Å²) in [5.74, 6) is -2.36. The van der Waals surface area contributed by atoms with Crippen LogP contribution in [0.1, 0.15) is 6.42 Å². The summed E-state index contributed by atoms with van der Waals surface area (Å²) in [4.78, 5) is 28.7. The number of amides is 2. The predicted molar refractivity (Wildman–Crippen MR) is 40.8 cm³/mol. The molecule has 0 spiro atoms. The Kier molecular flexibility index (Phi) is 7.74. The van der Waals surface area contributed by atoms with E-state index < -0.39 is 17.8 Å². The number of carbonyl (C=O) groups excluding carboxylic acids is 2. The first kappa shape index (κ1) is 12.8. The number of primary amides is 2. The Balaban J connectivity index is 0. The third-order valence-corrected chi connectivity index (χ3v) is 0.523. The highest BCUT2D eigenvalue weighted by molar-refractivity contribution is 5.95. The summed E-state index contributed by atoms with van der Waals surface area (Å²) in [7, 11) is 0. The molecular weight excluding hydrogens is 164 g/mol. The van der Waals surface area contributed by atoms with Crippen molar-refractivity contribution >= 4 is 17.8 Å². The zero-order valence-corrected chi connectivity index (χ0v) is 6.32. The first-order valence-corrected chi connectivity index (χ1v) is 2.82. The van der Waals surface area contributed by atoms with Gasteiger partial charge in [-0.25, -0.2) is 4.79 Å². The molecule has 2 amide bonds. The maximum Gasteiger partial charge on any atom is 0.327 e. The van der Waals surface area contributed by atoms with Crippen LogP contribution in [0.15, 0.2) is 12.7 Å². The summed E-state index contributed by atoms with van der Waals surface area (Å²) in [5.41, 5.74) is 9.11. The maximum absolute atomic E-state index is 9.73. The van der Waals surface area contributed by atoms with Crippen molar-refractivity contribution in [1.29, 1.82) is 0 Å². The fourth-order valence-electron chi connectivity index (χ4n) is 0.172. The number of hydrogen-bond acceptors (Lipinski definition) is 3. The van der Waals surface area contributed by atoms with Gasteiger partial charge >= 0.3 is 5.97 Å². The van der Waals surface area contributed by atoms with Crippen molar-refractivity contribution in [1.82, 2.24) is 0 Å². The first-order chi connectivity index (χ1) is 5.40.